The van der Waals surface area contributed by atoms with Crippen LogP contribution in [0, 0.1) is 0 Å². The molecule has 20 heavy (non-hydrogen) atoms. The Bertz CT molecular complexity index is 549. The van der Waals surface area contributed by atoms with Crippen LogP contribution in [-0.2, 0) is 16.6 Å². The molecule has 2 rings (SSSR count). The lowest BCUT2D eigenvalue weighted by molar-refractivity contribution is 0.396. The molecule has 1 aliphatic rings. The maximum Gasteiger partial charge on any atom is 0.274 e. The Balaban J connectivity index is 1.96. The number of allylic oxidation sites excluding steroid dienone is 1. The summed E-state index contributed by atoms with van der Waals surface area (Å²) in [6.45, 7) is 3.51. The first-order valence-corrected chi connectivity index (χ1v) is 8.57. The molecule has 6 heteroatoms. The van der Waals surface area contributed by atoms with Gasteiger partial charge in [-0.2, -0.15) is 0 Å². The Kier molecular flexibility index (Phi) is 5.39. The average Bonchev–Trinajstić information content (AvgIpc) is 2.89. The fourth-order valence-electron chi connectivity index (χ4n) is 2.16. The molecule has 1 atom stereocenters. The summed E-state index contributed by atoms with van der Waals surface area (Å²) >= 11 is 0. The smallest absolute Gasteiger partial charge is 0.274 e. The van der Waals surface area contributed by atoms with Gasteiger partial charge in [-0.3, -0.25) is 0 Å². The lowest BCUT2D eigenvalue weighted by Gasteiger charge is -2.18. The molecule has 0 spiro atoms. The molecule has 2 N–H and O–H groups in total. The standard InChI is InChI=1S/C14H22N2O3S/c1-2-10-15-11-13-8-9-14(19-13)20(17,18)16-12-6-4-3-5-7-12/h3-4,8-9,12,15-16H,2,5-7,10-11H2,1H3. The Hall–Kier alpha value is -1.11. The second-order valence-corrected chi connectivity index (χ2v) is 6.65. The van der Waals surface area contributed by atoms with Crippen molar-refractivity contribution in [1.29, 1.82) is 0 Å². The predicted molar refractivity (Wildman–Crippen MR) is 77.8 cm³/mol. The van der Waals surface area contributed by atoms with E-state index < -0.39 is 10.0 Å². The molecule has 0 aromatic carbocycles. The molecule has 0 aliphatic heterocycles. The molecule has 0 amide bonds. The van der Waals surface area contributed by atoms with Crippen LogP contribution in [0.15, 0.2) is 33.8 Å². The van der Waals surface area contributed by atoms with Crippen LogP contribution in [0.1, 0.15) is 38.4 Å². The van der Waals surface area contributed by atoms with Gasteiger partial charge < -0.3 is 9.73 Å². The summed E-state index contributed by atoms with van der Waals surface area (Å²) in [5.74, 6) is 0.641. The molecular weight excluding hydrogens is 276 g/mol. The van der Waals surface area contributed by atoms with Gasteiger partial charge in [0.2, 0.25) is 5.09 Å². The zero-order valence-corrected chi connectivity index (χ0v) is 12.6. The van der Waals surface area contributed by atoms with Crippen molar-refractivity contribution in [3.05, 3.63) is 30.0 Å². The third kappa shape index (κ3) is 4.19. The predicted octanol–water partition coefficient (Wildman–Crippen LogP) is 2.17. The van der Waals surface area contributed by atoms with E-state index in [4.69, 9.17) is 4.42 Å². The minimum absolute atomic E-state index is 0.000325. The quantitative estimate of drug-likeness (QED) is 0.598. The molecule has 5 nitrogen and oxygen atoms in total. The molecule has 1 aliphatic carbocycles. The summed E-state index contributed by atoms with van der Waals surface area (Å²) in [7, 11) is -3.55. The van der Waals surface area contributed by atoms with E-state index in [9.17, 15) is 8.42 Å². The Morgan fingerprint density at radius 1 is 1.35 bits per heavy atom. The first-order valence-electron chi connectivity index (χ1n) is 7.08. The van der Waals surface area contributed by atoms with Crippen LogP contribution < -0.4 is 10.0 Å². The maximum absolute atomic E-state index is 12.2. The fourth-order valence-corrected chi connectivity index (χ4v) is 3.40. The molecule has 1 aromatic heterocycles. The van der Waals surface area contributed by atoms with Crippen LogP contribution >= 0.6 is 0 Å². The van der Waals surface area contributed by atoms with Crippen molar-refractivity contribution in [3.63, 3.8) is 0 Å². The molecule has 0 saturated heterocycles. The summed E-state index contributed by atoms with van der Waals surface area (Å²) in [4.78, 5) is 0. The van der Waals surface area contributed by atoms with Crippen molar-refractivity contribution < 1.29 is 12.8 Å². The van der Waals surface area contributed by atoms with E-state index in [1.54, 1.807) is 6.07 Å². The van der Waals surface area contributed by atoms with Crippen molar-refractivity contribution >= 4 is 10.0 Å². The molecule has 0 bridgehead atoms. The van der Waals surface area contributed by atoms with E-state index in [0.29, 0.717) is 12.3 Å². The largest absolute Gasteiger partial charge is 0.447 e. The number of hydrogen-bond acceptors (Lipinski definition) is 4. The normalized spacial score (nSPS) is 19.4. The van der Waals surface area contributed by atoms with Crippen LogP contribution in [0.3, 0.4) is 0 Å². The highest BCUT2D eigenvalue weighted by Crippen LogP contribution is 2.17. The summed E-state index contributed by atoms with van der Waals surface area (Å²) in [5.41, 5.74) is 0. The van der Waals surface area contributed by atoms with Crippen molar-refractivity contribution in [3.8, 4) is 0 Å². The molecule has 0 radical (unpaired) electrons. The van der Waals surface area contributed by atoms with Gasteiger partial charge in [-0.1, -0.05) is 19.1 Å². The highest BCUT2D eigenvalue weighted by molar-refractivity contribution is 7.89. The molecule has 0 fully saturated rings. The second kappa shape index (κ2) is 7.06. The Labute approximate surface area is 120 Å². The fraction of sp³-hybridized carbons (Fsp3) is 0.571. The second-order valence-electron chi connectivity index (χ2n) is 5.00. The van der Waals surface area contributed by atoms with Crippen molar-refractivity contribution in [2.24, 2.45) is 0 Å². The van der Waals surface area contributed by atoms with E-state index in [1.807, 2.05) is 6.08 Å². The number of hydrogen-bond donors (Lipinski definition) is 2. The van der Waals surface area contributed by atoms with Crippen molar-refractivity contribution in [1.82, 2.24) is 10.0 Å². The number of nitrogens with one attached hydrogen (secondary N) is 2. The molecule has 1 unspecified atom stereocenters. The van der Waals surface area contributed by atoms with Crippen molar-refractivity contribution in [2.75, 3.05) is 6.54 Å². The molecule has 1 heterocycles. The summed E-state index contributed by atoms with van der Waals surface area (Å²) in [6, 6.07) is 3.19. The van der Waals surface area contributed by atoms with Crippen LogP contribution in [0.25, 0.3) is 0 Å². The zero-order valence-electron chi connectivity index (χ0n) is 11.8. The summed E-state index contributed by atoms with van der Waals surface area (Å²) < 4.78 is 32.5. The van der Waals surface area contributed by atoms with Gasteiger partial charge in [0.15, 0.2) is 0 Å². The lowest BCUT2D eigenvalue weighted by atomic mass is 10.0. The monoisotopic (exact) mass is 298 g/mol. The van der Waals surface area contributed by atoms with E-state index in [0.717, 1.165) is 32.2 Å². The molecule has 112 valence electrons. The number of furan rings is 1. The van der Waals surface area contributed by atoms with Gasteiger partial charge in [-0.15, -0.1) is 0 Å². The zero-order chi connectivity index (χ0) is 14.4. The average molecular weight is 298 g/mol. The number of rotatable bonds is 7. The van der Waals surface area contributed by atoms with Gasteiger partial charge in [-0.05, 0) is 44.4 Å². The van der Waals surface area contributed by atoms with Gasteiger partial charge in [0.05, 0.1) is 6.54 Å². The van der Waals surface area contributed by atoms with E-state index in [-0.39, 0.29) is 11.1 Å². The molecular formula is C14H22N2O3S. The van der Waals surface area contributed by atoms with E-state index in [1.165, 1.54) is 6.07 Å². The summed E-state index contributed by atoms with van der Waals surface area (Å²) in [5, 5.41) is 3.18. The van der Waals surface area contributed by atoms with E-state index in [2.05, 4.69) is 23.0 Å². The van der Waals surface area contributed by atoms with Gasteiger partial charge in [-0.25, -0.2) is 13.1 Å². The van der Waals surface area contributed by atoms with E-state index >= 15 is 0 Å². The Morgan fingerprint density at radius 3 is 2.90 bits per heavy atom. The minimum Gasteiger partial charge on any atom is -0.447 e. The lowest BCUT2D eigenvalue weighted by Crippen LogP contribution is -2.35. The topological polar surface area (TPSA) is 71.3 Å². The van der Waals surface area contributed by atoms with Crippen molar-refractivity contribution in [2.45, 2.75) is 50.3 Å². The first kappa shape index (κ1) is 15.3. The third-order valence-corrected chi connectivity index (χ3v) is 4.61. The third-order valence-electron chi connectivity index (χ3n) is 3.22. The maximum atomic E-state index is 12.2. The van der Waals surface area contributed by atoms with Gasteiger partial charge in [0.1, 0.15) is 5.76 Å². The van der Waals surface area contributed by atoms with Crippen LogP contribution in [0.4, 0.5) is 0 Å². The summed E-state index contributed by atoms with van der Waals surface area (Å²) in [6.07, 6.45) is 7.61. The highest BCUT2D eigenvalue weighted by atomic mass is 32.2. The van der Waals surface area contributed by atoms with Gasteiger partial charge >= 0.3 is 0 Å². The highest BCUT2D eigenvalue weighted by Gasteiger charge is 2.23. The van der Waals surface area contributed by atoms with Gasteiger partial charge in [0, 0.05) is 6.04 Å². The minimum atomic E-state index is -3.55. The first-order chi connectivity index (χ1) is 9.62. The molecule has 0 saturated carbocycles. The number of sulfonamides is 1. The van der Waals surface area contributed by atoms with Gasteiger partial charge in [0.25, 0.3) is 10.0 Å². The molecule has 1 aromatic rings. The van der Waals surface area contributed by atoms with Crippen LogP contribution in [0.5, 0.6) is 0 Å². The SMILES string of the molecule is CCCNCc1ccc(S(=O)(=O)NC2CC=CCC2)o1. The Morgan fingerprint density at radius 2 is 2.20 bits per heavy atom. The van der Waals surface area contributed by atoms with Crippen LogP contribution in [0.2, 0.25) is 0 Å². The van der Waals surface area contributed by atoms with Crippen LogP contribution in [-0.4, -0.2) is 21.0 Å².